The van der Waals surface area contributed by atoms with E-state index in [1.807, 2.05) is 6.92 Å². The third-order valence-electron chi connectivity index (χ3n) is 3.32. The summed E-state index contributed by atoms with van der Waals surface area (Å²) < 4.78 is 20.5. The first-order valence-corrected chi connectivity index (χ1v) is 8.69. The van der Waals surface area contributed by atoms with Crippen molar-refractivity contribution < 1.29 is 28.5 Å². The maximum Gasteiger partial charge on any atom is 0.306 e. The van der Waals surface area contributed by atoms with Crippen LogP contribution in [0, 0.1) is 0 Å². The van der Waals surface area contributed by atoms with Gasteiger partial charge in [-0.2, -0.15) is 0 Å². The lowest BCUT2D eigenvalue weighted by molar-refractivity contribution is -0.143. The molecule has 0 spiro atoms. The van der Waals surface area contributed by atoms with E-state index < -0.39 is 0 Å². The second kappa shape index (κ2) is 15.5. The van der Waals surface area contributed by atoms with Crippen molar-refractivity contribution in [3.63, 3.8) is 0 Å². The first-order valence-electron chi connectivity index (χ1n) is 8.69. The van der Waals surface area contributed by atoms with E-state index in [0.29, 0.717) is 25.2 Å². The molecule has 0 saturated heterocycles. The van der Waals surface area contributed by atoms with Gasteiger partial charge < -0.3 is 18.9 Å². The number of hydrogen-bond donors (Lipinski definition) is 0. The Morgan fingerprint density at radius 3 is 2.30 bits per heavy atom. The highest BCUT2D eigenvalue weighted by Gasteiger charge is 2.06. The van der Waals surface area contributed by atoms with Crippen LogP contribution in [-0.4, -0.2) is 38.9 Å². The molecule has 0 aliphatic heterocycles. The van der Waals surface area contributed by atoms with Crippen LogP contribution in [0.25, 0.3) is 0 Å². The van der Waals surface area contributed by atoms with Gasteiger partial charge in [0.25, 0.3) is 0 Å². The molecule has 0 rings (SSSR count). The Labute approximate surface area is 161 Å². The molecular formula is C21H30O6. The summed E-state index contributed by atoms with van der Waals surface area (Å²) in [7, 11) is 1.58. The van der Waals surface area contributed by atoms with Crippen LogP contribution in [0.5, 0.6) is 0 Å². The molecule has 0 atom stereocenters. The Morgan fingerprint density at radius 1 is 0.963 bits per heavy atom. The predicted octanol–water partition coefficient (Wildman–Crippen LogP) is 4.01. The van der Waals surface area contributed by atoms with E-state index >= 15 is 0 Å². The minimum atomic E-state index is -0.329. The molecule has 150 valence electrons. The van der Waals surface area contributed by atoms with Crippen LogP contribution in [-0.2, 0) is 28.5 Å². The van der Waals surface area contributed by atoms with E-state index in [-0.39, 0.29) is 38.0 Å². The molecule has 0 N–H and O–H groups in total. The number of hydrogen-bond acceptors (Lipinski definition) is 6. The zero-order valence-electron chi connectivity index (χ0n) is 16.3. The van der Waals surface area contributed by atoms with Crippen LogP contribution in [0.4, 0.5) is 0 Å². The maximum atomic E-state index is 11.7. The van der Waals surface area contributed by atoms with Crippen molar-refractivity contribution in [3.8, 4) is 0 Å². The lowest BCUT2D eigenvalue weighted by Crippen LogP contribution is -2.08. The van der Waals surface area contributed by atoms with Crippen molar-refractivity contribution in [1.82, 2.24) is 0 Å². The molecule has 6 nitrogen and oxygen atoms in total. The van der Waals surface area contributed by atoms with Crippen LogP contribution in [0.15, 0.2) is 61.1 Å². The Hall–Kier alpha value is -2.76. The van der Waals surface area contributed by atoms with Crippen LogP contribution < -0.4 is 0 Å². The maximum absolute atomic E-state index is 11.7. The Morgan fingerprint density at radius 2 is 1.67 bits per heavy atom. The highest BCUT2D eigenvalue weighted by molar-refractivity contribution is 5.70. The smallest absolute Gasteiger partial charge is 0.306 e. The van der Waals surface area contributed by atoms with E-state index in [2.05, 4.69) is 19.7 Å². The number of carbonyl (C=O) groups is 2. The van der Waals surface area contributed by atoms with E-state index in [4.69, 9.17) is 18.9 Å². The number of allylic oxidation sites excluding steroid dienone is 4. The number of carbonyl (C=O) groups excluding carboxylic acids is 2. The van der Waals surface area contributed by atoms with Gasteiger partial charge in [-0.1, -0.05) is 38.0 Å². The van der Waals surface area contributed by atoms with Crippen LogP contribution >= 0.6 is 0 Å². The van der Waals surface area contributed by atoms with Crippen LogP contribution in [0.1, 0.15) is 32.6 Å². The Bertz CT molecular complexity index is 571. The molecule has 0 radical (unpaired) electrons. The number of esters is 2. The molecular weight excluding hydrogens is 348 g/mol. The minimum absolute atomic E-state index is 0.149. The Kier molecular flexibility index (Phi) is 13.9. The van der Waals surface area contributed by atoms with Gasteiger partial charge in [-0.25, -0.2) is 0 Å². The fraction of sp³-hybridized carbons (Fsp3) is 0.429. The molecule has 0 aromatic heterocycles. The molecule has 0 amide bonds. The van der Waals surface area contributed by atoms with Crippen molar-refractivity contribution >= 4 is 11.9 Å². The monoisotopic (exact) mass is 378 g/mol. The molecule has 0 aliphatic rings. The van der Waals surface area contributed by atoms with Gasteiger partial charge in [-0.3, -0.25) is 9.59 Å². The van der Waals surface area contributed by atoms with Crippen molar-refractivity contribution in [2.75, 3.05) is 26.9 Å². The molecule has 0 aromatic rings. The summed E-state index contributed by atoms with van der Waals surface area (Å²) in [6.45, 7) is 13.4. The van der Waals surface area contributed by atoms with Gasteiger partial charge in [0.1, 0.15) is 13.2 Å². The predicted molar refractivity (Wildman–Crippen MR) is 105 cm³/mol. The minimum Gasteiger partial charge on any atom is -0.501 e. The molecule has 0 heterocycles. The molecule has 6 heteroatoms. The van der Waals surface area contributed by atoms with Gasteiger partial charge in [0.15, 0.2) is 0 Å². The molecule has 0 fully saturated rings. The van der Waals surface area contributed by atoms with E-state index in [1.165, 1.54) is 6.08 Å². The summed E-state index contributed by atoms with van der Waals surface area (Å²) in [4.78, 5) is 23.1. The van der Waals surface area contributed by atoms with Gasteiger partial charge in [0.05, 0.1) is 31.7 Å². The SMILES string of the molecule is C=CCOC(=O)CCC(=C)OCCCC(=O)OC/C(C=C)=C/C=C(\C)OC. The normalized spacial score (nSPS) is 11.3. The average molecular weight is 378 g/mol. The van der Waals surface area contributed by atoms with Crippen molar-refractivity contribution in [3.05, 3.63) is 61.1 Å². The van der Waals surface area contributed by atoms with Crippen LogP contribution in [0.2, 0.25) is 0 Å². The van der Waals surface area contributed by atoms with E-state index in [1.54, 1.807) is 25.3 Å². The zero-order valence-corrected chi connectivity index (χ0v) is 16.3. The number of ether oxygens (including phenoxy) is 4. The third-order valence-corrected chi connectivity index (χ3v) is 3.32. The van der Waals surface area contributed by atoms with Crippen molar-refractivity contribution in [2.24, 2.45) is 0 Å². The lowest BCUT2D eigenvalue weighted by Gasteiger charge is -2.09. The second-order valence-corrected chi connectivity index (χ2v) is 5.55. The fourth-order valence-corrected chi connectivity index (χ4v) is 1.67. The van der Waals surface area contributed by atoms with Crippen molar-refractivity contribution in [2.45, 2.75) is 32.6 Å². The Balaban J connectivity index is 3.93. The molecule has 0 aromatic carbocycles. The largest absolute Gasteiger partial charge is 0.501 e. The topological polar surface area (TPSA) is 71.1 Å². The zero-order chi connectivity index (χ0) is 20.5. The summed E-state index contributed by atoms with van der Waals surface area (Å²) in [6.07, 6.45) is 7.99. The quantitative estimate of drug-likeness (QED) is 0.141. The molecule has 0 saturated carbocycles. The van der Waals surface area contributed by atoms with Gasteiger partial charge >= 0.3 is 11.9 Å². The summed E-state index contributed by atoms with van der Waals surface area (Å²) in [5.74, 6) is 0.574. The molecule has 0 bridgehead atoms. The van der Waals surface area contributed by atoms with Crippen LogP contribution in [0.3, 0.4) is 0 Å². The molecule has 0 unspecified atom stereocenters. The first-order chi connectivity index (χ1) is 12.9. The van der Waals surface area contributed by atoms with Gasteiger partial charge in [-0.05, 0) is 25.0 Å². The van der Waals surface area contributed by atoms with E-state index in [9.17, 15) is 9.59 Å². The summed E-state index contributed by atoms with van der Waals surface area (Å²) in [6, 6.07) is 0. The van der Waals surface area contributed by atoms with Gasteiger partial charge in [-0.15, -0.1) is 0 Å². The highest BCUT2D eigenvalue weighted by Crippen LogP contribution is 2.08. The average Bonchev–Trinajstić information content (AvgIpc) is 2.67. The lowest BCUT2D eigenvalue weighted by atomic mass is 10.2. The second-order valence-electron chi connectivity index (χ2n) is 5.55. The van der Waals surface area contributed by atoms with Gasteiger partial charge in [0.2, 0.25) is 0 Å². The van der Waals surface area contributed by atoms with Crippen molar-refractivity contribution in [1.29, 1.82) is 0 Å². The number of rotatable bonds is 15. The summed E-state index contributed by atoms with van der Waals surface area (Å²) in [5.41, 5.74) is 0.771. The first kappa shape index (κ1) is 24.2. The molecule has 0 aliphatic carbocycles. The summed E-state index contributed by atoms with van der Waals surface area (Å²) >= 11 is 0. The fourth-order valence-electron chi connectivity index (χ4n) is 1.67. The van der Waals surface area contributed by atoms with E-state index in [0.717, 1.165) is 11.3 Å². The third kappa shape index (κ3) is 14.1. The number of methoxy groups -OCH3 is 1. The van der Waals surface area contributed by atoms with Gasteiger partial charge in [0, 0.05) is 12.8 Å². The molecule has 27 heavy (non-hydrogen) atoms. The highest BCUT2D eigenvalue weighted by atomic mass is 16.5. The summed E-state index contributed by atoms with van der Waals surface area (Å²) in [5, 5.41) is 0. The standard InChI is InChI=1S/C21H30O6/c1-6-14-26-21(23)13-11-18(4)25-15-8-9-20(22)27-16-19(7-2)12-10-17(3)24-5/h6-7,10,12H,1-2,4,8-9,11,13-16H2,3,5H3/b17-10+,19-12+.